The van der Waals surface area contributed by atoms with Gasteiger partial charge < -0.3 is 14.3 Å². The van der Waals surface area contributed by atoms with Crippen molar-refractivity contribution in [2.45, 2.75) is 36.0 Å². The molecular weight excluding hydrogens is 442 g/mol. The summed E-state index contributed by atoms with van der Waals surface area (Å²) in [5.74, 6) is -0.493. The number of sulfone groups is 1. The first-order chi connectivity index (χ1) is 14.9. The lowest BCUT2D eigenvalue weighted by Gasteiger charge is -2.12. The predicted molar refractivity (Wildman–Crippen MR) is 115 cm³/mol. The van der Waals surface area contributed by atoms with Crippen molar-refractivity contribution in [3.8, 4) is 0 Å². The van der Waals surface area contributed by atoms with Crippen LogP contribution in [0, 0.1) is 6.92 Å². The highest BCUT2D eigenvalue weighted by Gasteiger charge is 2.31. The number of hydrogen-bond acceptors (Lipinski definition) is 9. The van der Waals surface area contributed by atoms with E-state index in [1.54, 1.807) is 18.3 Å². The first kappa shape index (κ1) is 21.9. The summed E-state index contributed by atoms with van der Waals surface area (Å²) in [6.07, 6.45) is 2.59. The van der Waals surface area contributed by atoms with E-state index in [0.29, 0.717) is 43.4 Å². The normalized spacial score (nSPS) is 21.9. The second-order valence-electron chi connectivity index (χ2n) is 7.32. The van der Waals surface area contributed by atoms with Crippen LogP contribution in [0.15, 0.2) is 40.5 Å². The standard InChI is InChI=1S/C20H23N3O6S2/c1-13-10-21-20(30-13)22-19(24)18(23-29-15-6-8-27-11-15)14-2-4-16(5-3-14)31(25,26)17-7-9-28-12-17/h2-5,10,15,17H,6-9,11-12H2,1H3,(H,21,22,24)/b23-18+/t15-,17+/m1/s1. The molecule has 166 valence electrons. The number of aromatic nitrogens is 1. The van der Waals surface area contributed by atoms with E-state index in [2.05, 4.69) is 15.5 Å². The van der Waals surface area contributed by atoms with E-state index < -0.39 is 21.0 Å². The van der Waals surface area contributed by atoms with Crippen LogP contribution in [0.5, 0.6) is 0 Å². The first-order valence-electron chi connectivity index (χ1n) is 9.91. The molecule has 0 unspecified atom stereocenters. The lowest BCUT2D eigenvalue weighted by atomic mass is 10.1. The molecule has 11 heteroatoms. The minimum atomic E-state index is -3.49. The zero-order valence-corrected chi connectivity index (χ0v) is 18.6. The monoisotopic (exact) mass is 465 g/mol. The van der Waals surface area contributed by atoms with Gasteiger partial charge in [0.15, 0.2) is 26.8 Å². The summed E-state index contributed by atoms with van der Waals surface area (Å²) >= 11 is 1.34. The Kier molecular flexibility index (Phi) is 6.65. The molecular formula is C20H23N3O6S2. The molecule has 2 saturated heterocycles. The summed E-state index contributed by atoms with van der Waals surface area (Å²) in [5.41, 5.74) is 0.471. The number of amides is 1. The second-order valence-corrected chi connectivity index (χ2v) is 10.8. The number of anilines is 1. The fourth-order valence-electron chi connectivity index (χ4n) is 3.27. The number of aryl methyl sites for hydroxylation is 1. The first-order valence-corrected chi connectivity index (χ1v) is 12.3. The van der Waals surface area contributed by atoms with Gasteiger partial charge in [-0.25, -0.2) is 13.4 Å². The van der Waals surface area contributed by atoms with Crippen LogP contribution in [0.3, 0.4) is 0 Å². The molecule has 0 saturated carbocycles. The number of ether oxygens (including phenoxy) is 2. The third-order valence-electron chi connectivity index (χ3n) is 5.02. The van der Waals surface area contributed by atoms with Crippen molar-refractivity contribution in [2.75, 3.05) is 31.7 Å². The molecule has 0 bridgehead atoms. The van der Waals surface area contributed by atoms with E-state index >= 15 is 0 Å². The third-order valence-corrected chi connectivity index (χ3v) is 8.03. The molecule has 1 amide bonds. The van der Waals surface area contributed by atoms with Gasteiger partial charge in [-0.15, -0.1) is 11.3 Å². The number of thiazole rings is 1. The van der Waals surface area contributed by atoms with Crippen LogP contribution in [0.1, 0.15) is 23.3 Å². The SMILES string of the molecule is Cc1cnc(NC(=O)/C(=N/O[C@@H]2CCOC2)c2ccc(S(=O)(=O)[C@H]3CCOC3)cc2)s1. The molecule has 2 atom stereocenters. The molecule has 1 N–H and O–H groups in total. The number of rotatable bonds is 7. The summed E-state index contributed by atoms with van der Waals surface area (Å²) in [6.45, 7) is 3.52. The molecule has 0 radical (unpaired) electrons. The van der Waals surface area contributed by atoms with Crippen LogP contribution in [-0.2, 0) is 28.9 Å². The average molecular weight is 466 g/mol. The summed E-state index contributed by atoms with van der Waals surface area (Å²) < 4.78 is 36.0. The number of nitrogens with one attached hydrogen (secondary N) is 1. The molecule has 4 rings (SSSR count). The Morgan fingerprint density at radius 2 is 1.94 bits per heavy atom. The van der Waals surface area contributed by atoms with Gasteiger partial charge in [-0.2, -0.15) is 0 Å². The van der Waals surface area contributed by atoms with E-state index in [1.807, 2.05) is 6.92 Å². The Bertz CT molecular complexity index is 1050. The van der Waals surface area contributed by atoms with Gasteiger partial charge in [-0.05, 0) is 25.5 Å². The Balaban J connectivity index is 1.57. The number of carbonyl (C=O) groups excluding carboxylic acids is 1. The fraction of sp³-hybridized carbons (Fsp3) is 0.450. The second kappa shape index (κ2) is 9.43. The molecule has 2 aliphatic heterocycles. The van der Waals surface area contributed by atoms with Gasteiger partial charge in [0.05, 0.1) is 30.0 Å². The van der Waals surface area contributed by atoms with E-state index in [1.165, 1.54) is 23.5 Å². The van der Waals surface area contributed by atoms with Gasteiger partial charge in [0.1, 0.15) is 0 Å². The third kappa shape index (κ3) is 5.12. The zero-order chi connectivity index (χ0) is 21.8. The quantitative estimate of drug-likeness (QED) is 0.492. The van der Waals surface area contributed by atoms with Crippen molar-refractivity contribution < 1.29 is 27.5 Å². The molecule has 3 heterocycles. The molecule has 9 nitrogen and oxygen atoms in total. The van der Waals surface area contributed by atoms with Gasteiger partial charge in [0.25, 0.3) is 5.91 Å². The number of hydrogen-bond donors (Lipinski definition) is 1. The van der Waals surface area contributed by atoms with Gasteiger partial charge in [0.2, 0.25) is 0 Å². The molecule has 2 aromatic rings. The lowest BCUT2D eigenvalue weighted by Crippen LogP contribution is -2.25. The summed E-state index contributed by atoms with van der Waals surface area (Å²) in [5, 5.41) is 6.69. The minimum Gasteiger partial charge on any atom is -0.389 e. The van der Waals surface area contributed by atoms with Crippen molar-refractivity contribution in [3.63, 3.8) is 0 Å². The van der Waals surface area contributed by atoms with Crippen LogP contribution >= 0.6 is 11.3 Å². The molecule has 2 aliphatic rings. The highest BCUT2D eigenvalue weighted by atomic mass is 32.2. The Hall–Kier alpha value is -2.34. The van der Waals surface area contributed by atoms with Gasteiger partial charge in [0, 0.05) is 29.7 Å². The number of nitrogens with zero attached hydrogens (tertiary/aromatic N) is 2. The van der Waals surface area contributed by atoms with Crippen molar-refractivity contribution in [3.05, 3.63) is 40.9 Å². The Morgan fingerprint density at radius 1 is 1.19 bits per heavy atom. The zero-order valence-electron chi connectivity index (χ0n) is 16.9. The molecule has 1 aromatic carbocycles. The van der Waals surface area contributed by atoms with Crippen molar-refractivity contribution >= 4 is 37.9 Å². The van der Waals surface area contributed by atoms with E-state index in [4.69, 9.17) is 14.3 Å². The van der Waals surface area contributed by atoms with Crippen LogP contribution in [0.4, 0.5) is 5.13 Å². The van der Waals surface area contributed by atoms with Gasteiger partial charge >= 0.3 is 0 Å². The van der Waals surface area contributed by atoms with Gasteiger partial charge in [-0.3, -0.25) is 10.1 Å². The maximum atomic E-state index is 12.9. The minimum absolute atomic E-state index is 0.0351. The van der Waals surface area contributed by atoms with E-state index in [9.17, 15) is 13.2 Å². The highest BCUT2D eigenvalue weighted by molar-refractivity contribution is 7.92. The van der Waals surface area contributed by atoms with Gasteiger partial charge in [-0.1, -0.05) is 17.3 Å². The van der Waals surface area contributed by atoms with Crippen LogP contribution < -0.4 is 5.32 Å². The molecule has 2 fully saturated rings. The van der Waals surface area contributed by atoms with Crippen LogP contribution in [0.25, 0.3) is 0 Å². The van der Waals surface area contributed by atoms with E-state index in [0.717, 1.165) is 4.88 Å². The average Bonchev–Trinajstić information content (AvgIpc) is 3.52. The number of oxime groups is 1. The number of benzene rings is 1. The van der Waals surface area contributed by atoms with Crippen molar-refractivity contribution in [2.24, 2.45) is 5.16 Å². The highest BCUT2D eigenvalue weighted by Crippen LogP contribution is 2.23. The maximum Gasteiger partial charge on any atom is 0.280 e. The Labute approximate surface area is 184 Å². The molecule has 1 aromatic heterocycles. The largest absolute Gasteiger partial charge is 0.389 e. The smallest absolute Gasteiger partial charge is 0.280 e. The fourth-order valence-corrected chi connectivity index (χ4v) is 5.51. The van der Waals surface area contributed by atoms with Crippen molar-refractivity contribution in [1.29, 1.82) is 0 Å². The van der Waals surface area contributed by atoms with Crippen LogP contribution in [-0.4, -0.2) is 62.8 Å². The summed E-state index contributed by atoms with van der Waals surface area (Å²) in [6, 6.07) is 6.08. The summed E-state index contributed by atoms with van der Waals surface area (Å²) in [4.78, 5) is 23.7. The topological polar surface area (TPSA) is 116 Å². The number of carbonyl (C=O) groups is 1. The van der Waals surface area contributed by atoms with Crippen LogP contribution in [0.2, 0.25) is 0 Å². The van der Waals surface area contributed by atoms with E-state index in [-0.39, 0.29) is 23.3 Å². The maximum absolute atomic E-state index is 12.9. The lowest BCUT2D eigenvalue weighted by molar-refractivity contribution is -0.110. The van der Waals surface area contributed by atoms with Crippen molar-refractivity contribution in [1.82, 2.24) is 4.98 Å². The molecule has 0 spiro atoms. The molecule has 31 heavy (non-hydrogen) atoms. The predicted octanol–water partition coefficient (Wildman–Crippen LogP) is 2.16. The Morgan fingerprint density at radius 3 is 2.55 bits per heavy atom. The molecule has 0 aliphatic carbocycles. The summed E-state index contributed by atoms with van der Waals surface area (Å²) in [7, 11) is -3.49.